The zero-order valence-corrected chi connectivity index (χ0v) is 10.7. The van der Waals surface area contributed by atoms with Crippen molar-refractivity contribution in [3.05, 3.63) is 29.3 Å². The fourth-order valence-corrected chi connectivity index (χ4v) is 2.09. The monoisotopic (exact) mass is 232 g/mol. The first-order valence-corrected chi connectivity index (χ1v) is 6.14. The second kappa shape index (κ2) is 4.40. The van der Waals surface area contributed by atoms with Crippen molar-refractivity contribution in [1.82, 2.24) is 4.90 Å². The van der Waals surface area contributed by atoms with E-state index in [-0.39, 0.29) is 5.91 Å². The lowest BCUT2D eigenvalue weighted by Crippen LogP contribution is -2.36. The van der Waals surface area contributed by atoms with Crippen LogP contribution in [-0.2, 0) is 0 Å². The number of amides is 1. The fraction of sp³-hybridized carbons (Fsp3) is 0.500. The van der Waals surface area contributed by atoms with Crippen molar-refractivity contribution in [3.63, 3.8) is 0 Å². The van der Waals surface area contributed by atoms with Crippen LogP contribution in [0.15, 0.2) is 18.2 Å². The molecule has 17 heavy (non-hydrogen) atoms. The van der Waals surface area contributed by atoms with Crippen molar-refractivity contribution in [2.24, 2.45) is 5.92 Å². The molecule has 0 aromatic heterocycles. The van der Waals surface area contributed by atoms with E-state index in [4.69, 9.17) is 5.73 Å². The molecule has 2 N–H and O–H groups in total. The van der Waals surface area contributed by atoms with Gasteiger partial charge in [-0.15, -0.1) is 0 Å². The predicted octanol–water partition coefficient (Wildman–Crippen LogP) is 2.45. The van der Waals surface area contributed by atoms with Crippen LogP contribution in [0.1, 0.15) is 35.7 Å². The largest absolute Gasteiger partial charge is 0.399 e. The van der Waals surface area contributed by atoms with Crippen LogP contribution in [0.5, 0.6) is 0 Å². The molecule has 1 atom stereocenters. The van der Waals surface area contributed by atoms with Gasteiger partial charge in [-0.3, -0.25) is 4.79 Å². The molecule has 2 rings (SSSR count). The summed E-state index contributed by atoms with van der Waals surface area (Å²) in [6, 6.07) is 5.81. The quantitative estimate of drug-likeness (QED) is 0.814. The van der Waals surface area contributed by atoms with Gasteiger partial charge < -0.3 is 10.6 Å². The smallest absolute Gasteiger partial charge is 0.253 e. The summed E-state index contributed by atoms with van der Waals surface area (Å²) in [6.45, 7) is 4.05. The second-order valence-corrected chi connectivity index (χ2v) is 5.07. The molecule has 0 heterocycles. The van der Waals surface area contributed by atoms with E-state index in [0.717, 1.165) is 16.8 Å². The standard InChI is InChI=1S/C14H20N2O/c1-9-8-12(6-7-13(9)15)14(17)16(3)10(2)11-4-5-11/h6-8,10-11H,4-5,15H2,1-3H3. The number of anilines is 1. The number of nitrogen functional groups attached to an aromatic ring is 1. The van der Waals surface area contributed by atoms with Crippen LogP contribution in [0.25, 0.3) is 0 Å². The predicted molar refractivity (Wildman–Crippen MR) is 69.9 cm³/mol. The number of benzene rings is 1. The van der Waals surface area contributed by atoms with Gasteiger partial charge in [-0.25, -0.2) is 0 Å². The number of carbonyl (C=O) groups is 1. The zero-order valence-electron chi connectivity index (χ0n) is 10.7. The normalized spacial score (nSPS) is 16.6. The third-order valence-corrected chi connectivity index (χ3v) is 3.75. The summed E-state index contributed by atoms with van der Waals surface area (Å²) < 4.78 is 0. The molecule has 3 nitrogen and oxygen atoms in total. The van der Waals surface area contributed by atoms with Gasteiger partial charge in [0.2, 0.25) is 0 Å². The van der Waals surface area contributed by atoms with Gasteiger partial charge >= 0.3 is 0 Å². The number of nitrogens with two attached hydrogens (primary N) is 1. The SMILES string of the molecule is Cc1cc(C(=O)N(C)C(C)C2CC2)ccc1N. The minimum absolute atomic E-state index is 0.0903. The first-order chi connectivity index (χ1) is 8.00. The van der Waals surface area contributed by atoms with Crippen molar-refractivity contribution in [2.75, 3.05) is 12.8 Å². The van der Waals surface area contributed by atoms with Gasteiger partial charge in [0.15, 0.2) is 0 Å². The molecular formula is C14H20N2O. The fourth-order valence-electron chi connectivity index (χ4n) is 2.09. The Hall–Kier alpha value is -1.51. The summed E-state index contributed by atoms with van der Waals surface area (Å²) in [5.74, 6) is 0.784. The molecule has 0 saturated heterocycles. The molecule has 0 spiro atoms. The number of hydrogen-bond acceptors (Lipinski definition) is 2. The minimum atomic E-state index is 0.0903. The van der Waals surface area contributed by atoms with Crippen molar-refractivity contribution in [2.45, 2.75) is 32.7 Å². The maximum Gasteiger partial charge on any atom is 0.253 e. The molecule has 1 amide bonds. The van der Waals surface area contributed by atoms with Crippen molar-refractivity contribution >= 4 is 11.6 Å². The van der Waals surface area contributed by atoms with E-state index in [1.54, 1.807) is 12.1 Å². The van der Waals surface area contributed by atoms with E-state index in [9.17, 15) is 4.79 Å². The lowest BCUT2D eigenvalue weighted by atomic mass is 10.1. The molecule has 92 valence electrons. The molecule has 1 aliphatic rings. The molecule has 1 aliphatic carbocycles. The summed E-state index contributed by atoms with van der Waals surface area (Å²) in [7, 11) is 1.89. The van der Waals surface area contributed by atoms with Crippen LogP contribution in [0, 0.1) is 12.8 Å². The Kier molecular flexibility index (Phi) is 3.09. The highest BCUT2D eigenvalue weighted by molar-refractivity contribution is 5.94. The average molecular weight is 232 g/mol. The van der Waals surface area contributed by atoms with Gasteiger partial charge in [0.05, 0.1) is 0 Å². The Morgan fingerprint density at radius 3 is 2.65 bits per heavy atom. The van der Waals surface area contributed by atoms with Gasteiger partial charge in [-0.2, -0.15) is 0 Å². The third kappa shape index (κ3) is 2.43. The second-order valence-electron chi connectivity index (χ2n) is 5.07. The van der Waals surface area contributed by atoms with Crippen LogP contribution in [0.4, 0.5) is 5.69 Å². The van der Waals surface area contributed by atoms with Crippen LogP contribution in [0.2, 0.25) is 0 Å². The van der Waals surface area contributed by atoms with Gasteiger partial charge in [0.1, 0.15) is 0 Å². The lowest BCUT2D eigenvalue weighted by molar-refractivity contribution is 0.0727. The molecule has 1 saturated carbocycles. The van der Waals surface area contributed by atoms with E-state index in [1.165, 1.54) is 12.8 Å². The van der Waals surface area contributed by atoms with E-state index < -0.39 is 0 Å². The highest BCUT2D eigenvalue weighted by Crippen LogP contribution is 2.35. The molecule has 1 unspecified atom stereocenters. The highest BCUT2D eigenvalue weighted by Gasteiger charge is 2.32. The molecule has 1 aromatic carbocycles. The summed E-state index contributed by atoms with van der Waals surface area (Å²) in [5.41, 5.74) is 8.18. The maximum atomic E-state index is 12.3. The van der Waals surface area contributed by atoms with Gasteiger partial charge in [0.25, 0.3) is 5.91 Å². The van der Waals surface area contributed by atoms with Crippen LogP contribution < -0.4 is 5.73 Å². The average Bonchev–Trinajstić information content (AvgIpc) is 3.14. The van der Waals surface area contributed by atoms with Gasteiger partial charge in [-0.1, -0.05) is 0 Å². The van der Waals surface area contributed by atoms with Crippen LogP contribution in [0.3, 0.4) is 0 Å². The summed E-state index contributed by atoms with van der Waals surface area (Å²) in [5, 5.41) is 0. The number of hydrogen-bond donors (Lipinski definition) is 1. The molecule has 0 aliphatic heterocycles. The summed E-state index contributed by atoms with van der Waals surface area (Å²) in [6.07, 6.45) is 2.50. The van der Waals surface area contributed by atoms with E-state index in [1.807, 2.05) is 24.9 Å². The summed E-state index contributed by atoms with van der Waals surface area (Å²) in [4.78, 5) is 14.1. The van der Waals surface area contributed by atoms with Gasteiger partial charge in [0, 0.05) is 24.3 Å². The number of nitrogens with zero attached hydrogens (tertiary/aromatic N) is 1. The molecule has 0 bridgehead atoms. The molecule has 1 aromatic rings. The van der Waals surface area contributed by atoms with E-state index in [0.29, 0.717) is 12.0 Å². The lowest BCUT2D eigenvalue weighted by Gasteiger charge is -2.25. The number of rotatable bonds is 3. The van der Waals surface area contributed by atoms with Crippen molar-refractivity contribution in [3.8, 4) is 0 Å². The van der Waals surface area contributed by atoms with Crippen LogP contribution in [-0.4, -0.2) is 23.9 Å². The molecule has 0 radical (unpaired) electrons. The maximum absolute atomic E-state index is 12.3. The Labute approximate surface area is 103 Å². The van der Waals surface area contributed by atoms with E-state index in [2.05, 4.69) is 6.92 Å². The topological polar surface area (TPSA) is 46.3 Å². The van der Waals surface area contributed by atoms with Crippen molar-refractivity contribution < 1.29 is 4.79 Å². The minimum Gasteiger partial charge on any atom is -0.399 e. The van der Waals surface area contributed by atoms with Crippen LogP contribution >= 0.6 is 0 Å². The number of carbonyl (C=O) groups excluding carboxylic acids is 1. The first kappa shape index (κ1) is 12.0. The molecule has 1 fully saturated rings. The summed E-state index contributed by atoms with van der Waals surface area (Å²) >= 11 is 0. The molecule has 3 heteroatoms. The van der Waals surface area contributed by atoms with E-state index >= 15 is 0 Å². The highest BCUT2D eigenvalue weighted by atomic mass is 16.2. The Balaban J connectivity index is 2.15. The Morgan fingerprint density at radius 1 is 1.47 bits per heavy atom. The zero-order chi connectivity index (χ0) is 12.6. The third-order valence-electron chi connectivity index (χ3n) is 3.75. The number of aryl methyl sites for hydroxylation is 1. The van der Waals surface area contributed by atoms with Gasteiger partial charge in [-0.05, 0) is 56.4 Å². The Morgan fingerprint density at radius 2 is 2.12 bits per heavy atom. The first-order valence-electron chi connectivity index (χ1n) is 6.14. The molecular weight excluding hydrogens is 212 g/mol. The van der Waals surface area contributed by atoms with Crippen molar-refractivity contribution in [1.29, 1.82) is 0 Å². The Bertz CT molecular complexity index is 438.